The summed E-state index contributed by atoms with van der Waals surface area (Å²) >= 11 is 1.90. The van der Waals surface area contributed by atoms with Crippen molar-refractivity contribution < 1.29 is 0 Å². The van der Waals surface area contributed by atoms with Crippen molar-refractivity contribution >= 4 is 11.3 Å². The van der Waals surface area contributed by atoms with E-state index in [1.807, 2.05) is 24.7 Å². The van der Waals surface area contributed by atoms with E-state index in [0.29, 0.717) is 0 Å². The first-order valence-corrected chi connectivity index (χ1v) is 7.85. The Morgan fingerprint density at radius 1 is 1.37 bits per heavy atom. The van der Waals surface area contributed by atoms with Gasteiger partial charge in [0.25, 0.3) is 0 Å². The number of rotatable bonds is 4. The number of nitrogens with zero attached hydrogens (tertiary/aromatic N) is 2. The van der Waals surface area contributed by atoms with Gasteiger partial charge in [-0.25, -0.2) is 4.98 Å². The molecule has 0 saturated heterocycles. The summed E-state index contributed by atoms with van der Waals surface area (Å²) in [4.78, 5) is 7.43. The summed E-state index contributed by atoms with van der Waals surface area (Å²) in [5.41, 5.74) is 4.24. The molecule has 0 amide bonds. The summed E-state index contributed by atoms with van der Waals surface area (Å²) in [6.45, 7) is 4.17. The van der Waals surface area contributed by atoms with Crippen molar-refractivity contribution in [3.05, 3.63) is 39.1 Å². The number of hydrogen-bond acceptors (Lipinski definition) is 3. The second-order valence-corrected chi connectivity index (χ2v) is 6.64. The van der Waals surface area contributed by atoms with E-state index in [1.54, 1.807) is 0 Å². The predicted molar refractivity (Wildman–Crippen MR) is 79.8 cm³/mol. The lowest BCUT2D eigenvalue weighted by Crippen LogP contribution is -2.09. The molecule has 102 valence electrons. The molecule has 1 N–H and O–H groups in total. The largest absolute Gasteiger partial charge is 0.330 e. The summed E-state index contributed by atoms with van der Waals surface area (Å²) in [5.74, 6) is 0. The Morgan fingerprint density at radius 3 is 3.05 bits per heavy atom. The minimum Gasteiger partial charge on any atom is -0.330 e. The van der Waals surface area contributed by atoms with Gasteiger partial charge >= 0.3 is 0 Å². The molecule has 2 aromatic rings. The van der Waals surface area contributed by atoms with E-state index in [1.165, 1.54) is 46.0 Å². The standard InChI is InChI=1S/C15H21N3S/c1-11-12(7-13(19-11)8-16-2)9-18-10-17-14-5-3-4-6-15(14)18/h7,10,16H,3-6,8-9H2,1-2H3. The zero-order valence-corrected chi connectivity index (χ0v) is 12.5. The first-order valence-electron chi connectivity index (χ1n) is 7.03. The molecule has 0 spiro atoms. The average Bonchev–Trinajstić information content (AvgIpc) is 2.96. The van der Waals surface area contributed by atoms with Crippen molar-refractivity contribution in [3.63, 3.8) is 0 Å². The molecule has 0 atom stereocenters. The smallest absolute Gasteiger partial charge is 0.0954 e. The van der Waals surface area contributed by atoms with E-state index in [0.717, 1.165) is 19.5 Å². The van der Waals surface area contributed by atoms with E-state index in [2.05, 4.69) is 27.9 Å². The van der Waals surface area contributed by atoms with E-state index in [9.17, 15) is 0 Å². The number of fused-ring (bicyclic) bond motifs is 1. The molecule has 2 aromatic heterocycles. The first-order chi connectivity index (χ1) is 9.28. The van der Waals surface area contributed by atoms with Gasteiger partial charge in [0.15, 0.2) is 0 Å². The fourth-order valence-corrected chi connectivity index (χ4v) is 3.92. The fourth-order valence-electron chi connectivity index (χ4n) is 2.86. The van der Waals surface area contributed by atoms with Gasteiger partial charge in [-0.2, -0.15) is 0 Å². The molecular weight excluding hydrogens is 254 g/mol. The highest BCUT2D eigenvalue weighted by Gasteiger charge is 2.16. The zero-order chi connectivity index (χ0) is 13.2. The molecule has 19 heavy (non-hydrogen) atoms. The lowest BCUT2D eigenvalue weighted by molar-refractivity contribution is 0.628. The molecule has 0 radical (unpaired) electrons. The third-order valence-electron chi connectivity index (χ3n) is 3.87. The highest BCUT2D eigenvalue weighted by molar-refractivity contribution is 7.12. The van der Waals surface area contributed by atoms with Gasteiger partial charge in [-0.1, -0.05) is 0 Å². The molecule has 4 heteroatoms. The second kappa shape index (κ2) is 5.47. The Hall–Kier alpha value is -1.13. The third kappa shape index (κ3) is 2.60. The average molecular weight is 275 g/mol. The van der Waals surface area contributed by atoms with Gasteiger partial charge in [-0.05, 0) is 51.3 Å². The van der Waals surface area contributed by atoms with Crippen molar-refractivity contribution in [2.45, 2.75) is 45.7 Å². The molecule has 0 fully saturated rings. The van der Waals surface area contributed by atoms with Crippen molar-refractivity contribution in [3.8, 4) is 0 Å². The lowest BCUT2D eigenvalue weighted by Gasteiger charge is -2.13. The number of nitrogens with one attached hydrogen (secondary N) is 1. The topological polar surface area (TPSA) is 29.9 Å². The molecule has 0 bridgehead atoms. The zero-order valence-electron chi connectivity index (χ0n) is 11.7. The van der Waals surface area contributed by atoms with Crippen molar-refractivity contribution in [2.24, 2.45) is 0 Å². The third-order valence-corrected chi connectivity index (χ3v) is 4.97. The number of hydrogen-bond donors (Lipinski definition) is 1. The maximum absolute atomic E-state index is 4.58. The van der Waals surface area contributed by atoms with Crippen LogP contribution in [-0.4, -0.2) is 16.6 Å². The Bertz CT molecular complexity index is 568. The van der Waals surface area contributed by atoms with E-state index in [-0.39, 0.29) is 0 Å². The molecule has 0 aromatic carbocycles. The molecule has 3 nitrogen and oxygen atoms in total. The summed E-state index contributed by atoms with van der Waals surface area (Å²) < 4.78 is 2.35. The summed E-state index contributed by atoms with van der Waals surface area (Å²) in [7, 11) is 2.00. The normalized spacial score (nSPS) is 14.6. The van der Waals surface area contributed by atoms with Crippen LogP contribution in [0, 0.1) is 6.92 Å². The molecule has 0 saturated carbocycles. The SMILES string of the molecule is CNCc1cc(Cn2cnc3c2CCCC3)c(C)s1. The van der Waals surface area contributed by atoms with Crippen molar-refractivity contribution in [1.82, 2.24) is 14.9 Å². The predicted octanol–water partition coefficient (Wildman–Crippen LogP) is 2.90. The van der Waals surface area contributed by atoms with Crippen LogP contribution in [0.1, 0.15) is 39.5 Å². The van der Waals surface area contributed by atoms with Crippen LogP contribution in [0.5, 0.6) is 0 Å². The van der Waals surface area contributed by atoms with Crippen LogP contribution in [0.4, 0.5) is 0 Å². The van der Waals surface area contributed by atoms with Gasteiger partial charge in [0.2, 0.25) is 0 Å². The van der Waals surface area contributed by atoms with Crippen molar-refractivity contribution in [2.75, 3.05) is 7.05 Å². The van der Waals surface area contributed by atoms with Gasteiger partial charge < -0.3 is 9.88 Å². The minimum atomic E-state index is 0.966. The van der Waals surface area contributed by atoms with Crippen LogP contribution in [0.2, 0.25) is 0 Å². The number of aryl methyl sites for hydroxylation is 2. The monoisotopic (exact) mass is 275 g/mol. The Labute approximate surface area is 118 Å². The maximum Gasteiger partial charge on any atom is 0.0954 e. The number of aromatic nitrogens is 2. The van der Waals surface area contributed by atoms with Gasteiger partial charge in [0, 0.05) is 28.5 Å². The summed E-state index contributed by atoms with van der Waals surface area (Å²) in [6.07, 6.45) is 7.00. The fraction of sp³-hybridized carbons (Fsp3) is 0.533. The van der Waals surface area contributed by atoms with Crippen LogP contribution in [0.3, 0.4) is 0 Å². The highest BCUT2D eigenvalue weighted by Crippen LogP contribution is 2.25. The van der Waals surface area contributed by atoms with Crippen LogP contribution in [0.25, 0.3) is 0 Å². The van der Waals surface area contributed by atoms with E-state index < -0.39 is 0 Å². The van der Waals surface area contributed by atoms with Gasteiger partial charge in [-0.15, -0.1) is 11.3 Å². The molecule has 1 aliphatic rings. The highest BCUT2D eigenvalue weighted by atomic mass is 32.1. The van der Waals surface area contributed by atoms with E-state index >= 15 is 0 Å². The Morgan fingerprint density at radius 2 is 2.21 bits per heavy atom. The van der Waals surface area contributed by atoms with Gasteiger partial charge in [0.1, 0.15) is 0 Å². The molecule has 0 aliphatic heterocycles. The summed E-state index contributed by atoms with van der Waals surface area (Å²) in [5, 5.41) is 3.22. The van der Waals surface area contributed by atoms with E-state index in [4.69, 9.17) is 0 Å². The van der Waals surface area contributed by atoms with Gasteiger partial charge in [0.05, 0.1) is 12.0 Å². The van der Waals surface area contributed by atoms with Crippen LogP contribution >= 0.6 is 11.3 Å². The van der Waals surface area contributed by atoms with Crippen LogP contribution in [-0.2, 0) is 25.9 Å². The number of imidazole rings is 1. The Balaban J connectivity index is 1.83. The van der Waals surface area contributed by atoms with Gasteiger partial charge in [-0.3, -0.25) is 0 Å². The maximum atomic E-state index is 4.58. The van der Waals surface area contributed by atoms with Crippen LogP contribution in [0.15, 0.2) is 12.4 Å². The van der Waals surface area contributed by atoms with Crippen molar-refractivity contribution in [1.29, 1.82) is 0 Å². The number of thiophene rings is 1. The Kier molecular flexibility index (Phi) is 3.71. The second-order valence-electron chi connectivity index (χ2n) is 5.30. The minimum absolute atomic E-state index is 0.966. The first kappa shape index (κ1) is 12.9. The molecule has 0 unspecified atom stereocenters. The molecule has 3 rings (SSSR count). The lowest BCUT2D eigenvalue weighted by atomic mass is 10.0. The molecular formula is C15H21N3S. The molecule has 1 aliphatic carbocycles. The van der Waals surface area contributed by atoms with Crippen LogP contribution < -0.4 is 5.32 Å². The quantitative estimate of drug-likeness (QED) is 0.930. The summed E-state index contributed by atoms with van der Waals surface area (Å²) in [6, 6.07) is 2.34. The molecule has 2 heterocycles.